The molecule has 100 valence electrons. The van der Waals surface area contributed by atoms with Crippen LogP contribution < -0.4 is 15.8 Å². The number of likely N-dealkylation sites (N-methyl/N-ethyl adjacent to an activating group) is 1. The lowest BCUT2D eigenvalue weighted by molar-refractivity contribution is -0.119. The minimum Gasteiger partial charge on any atom is -0.398 e. The maximum absolute atomic E-state index is 11.9. The van der Waals surface area contributed by atoms with E-state index in [1.165, 1.54) is 19.2 Å². The van der Waals surface area contributed by atoms with Gasteiger partial charge in [0, 0.05) is 12.7 Å². The molecule has 0 unspecified atom stereocenters. The Kier molecular flexibility index (Phi) is 4.69. The Balaban J connectivity index is 2.92. The van der Waals surface area contributed by atoms with Crippen molar-refractivity contribution in [1.82, 2.24) is 10.0 Å². The van der Waals surface area contributed by atoms with E-state index in [9.17, 15) is 13.2 Å². The van der Waals surface area contributed by atoms with Crippen LogP contribution in [0.4, 0.5) is 5.69 Å². The summed E-state index contributed by atoms with van der Waals surface area (Å²) < 4.78 is 25.9. The van der Waals surface area contributed by atoms with Crippen LogP contribution in [-0.2, 0) is 21.2 Å². The van der Waals surface area contributed by atoms with Gasteiger partial charge in [-0.2, -0.15) is 0 Å². The Morgan fingerprint density at radius 3 is 2.56 bits per heavy atom. The van der Waals surface area contributed by atoms with Crippen molar-refractivity contribution in [2.45, 2.75) is 18.2 Å². The first-order valence-corrected chi connectivity index (χ1v) is 6.97. The highest BCUT2D eigenvalue weighted by molar-refractivity contribution is 7.89. The molecule has 0 bridgehead atoms. The largest absolute Gasteiger partial charge is 0.398 e. The van der Waals surface area contributed by atoms with Crippen LogP contribution in [0.2, 0.25) is 0 Å². The molecule has 0 saturated heterocycles. The van der Waals surface area contributed by atoms with Crippen LogP contribution in [0.25, 0.3) is 0 Å². The van der Waals surface area contributed by atoms with Gasteiger partial charge in [-0.1, -0.05) is 13.0 Å². The molecule has 0 fully saturated rings. The molecular weight excluding hydrogens is 254 g/mol. The topological polar surface area (TPSA) is 101 Å². The summed E-state index contributed by atoms with van der Waals surface area (Å²) in [6, 6.07) is 4.54. The van der Waals surface area contributed by atoms with Gasteiger partial charge in [-0.25, -0.2) is 13.1 Å². The highest BCUT2D eigenvalue weighted by atomic mass is 32.2. The van der Waals surface area contributed by atoms with Gasteiger partial charge in [-0.3, -0.25) is 4.79 Å². The molecule has 0 aliphatic heterocycles. The first-order valence-electron chi connectivity index (χ1n) is 5.49. The van der Waals surface area contributed by atoms with Crippen molar-refractivity contribution in [2.24, 2.45) is 0 Å². The van der Waals surface area contributed by atoms with Gasteiger partial charge in [-0.15, -0.1) is 0 Å². The van der Waals surface area contributed by atoms with E-state index in [1.54, 1.807) is 6.07 Å². The molecule has 0 radical (unpaired) electrons. The first-order chi connectivity index (χ1) is 8.40. The molecule has 6 nitrogen and oxygen atoms in total. The quantitative estimate of drug-likeness (QED) is 0.648. The third-order valence-electron chi connectivity index (χ3n) is 2.51. The lowest BCUT2D eigenvalue weighted by atomic mass is 10.1. The maximum atomic E-state index is 11.9. The smallest absolute Gasteiger partial charge is 0.241 e. The number of carbonyl (C=O) groups excluding carboxylic acids is 1. The van der Waals surface area contributed by atoms with Crippen molar-refractivity contribution in [2.75, 3.05) is 19.3 Å². The van der Waals surface area contributed by atoms with E-state index in [2.05, 4.69) is 10.0 Å². The number of sulfonamides is 1. The summed E-state index contributed by atoms with van der Waals surface area (Å²) in [5.41, 5.74) is 7.06. The molecule has 4 N–H and O–H groups in total. The van der Waals surface area contributed by atoms with Crippen LogP contribution in [0.5, 0.6) is 0 Å². The van der Waals surface area contributed by atoms with E-state index in [0.717, 1.165) is 12.0 Å². The average molecular weight is 271 g/mol. The molecule has 0 aliphatic rings. The number of hydrogen-bond donors (Lipinski definition) is 3. The van der Waals surface area contributed by atoms with Crippen LogP contribution in [-0.4, -0.2) is 27.9 Å². The van der Waals surface area contributed by atoms with Gasteiger partial charge >= 0.3 is 0 Å². The molecule has 0 heterocycles. The summed E-state index contributed by atoms with van der Waals surface area (Å²) in [7, 11) is -2.27. The predicted octanol–water partition coefficient (Wildman–Crippen LogP) is -0.144. The molecule has 18 heavy (non-hydrogen) atoms. The zero-order chi connectivity index (χ0) is 13.8. The Morgan fingerprint density at radius 2 is 2.06 bits per heavy atom. The van der Waals surface area contributed by atoms with Gasteiger partial charge in [0.1, 0.15) is 0 Å². The fourth-order valence-corrected chi connectivity index (χ4v) is 2.41. The number of anilines is 1. The maximum Gasteiger partial charge on any atom is 0.241 e. The number of hydrogen-bond acceptors (Lipinski definition) is 4. The van der Waals surface area contributed by atoms with Gasteiger partial charge in [0.2, 0.25) is 15.9 Å². The van der Waals surface area contributed by atoms with E-state index < -0.39 is 15.9 Å². The van der Waals surface area contributed by atoms with Crippen molar-refractivity contribution >= 4 is 21.6 Å². The summed E-state index contributed by atoms with van der Waals surface area (Å²) in [5, 5.41) is 2.33. The first kappa shape index (κ1) is 14.5. The zero-order valence-corrected chi connectivity index (χ0v) is 11.2. The molecule has 1 amide bonds. The Hall–Kier alpha value is -1.60. The van der Waals surface area contributed by atoms with Gasteiger partial charge in [0.15, 0.2) is 0 Å². The van der Waals surface area contributed by atoms with Crippen molar-refractivity contribution in [3.63, 3.8) is 0 Å². The second-order valence-corrected chi connectivity index (χ2v) is 5.48. The van der Waals surface area contributed by atoms with E-state index in [-0.39, 0.29) is 11.4 Å². The third kappa shape index (κ3) is 3.44. The monoisotopic (exact) mass is 271 g/mol. The number of carbonyl (C=O) groups is 1. The van der Waals surface area contributed by atoms with Crippen molar-refractivity contribution in [1.29, 1.82) is 0 Å². The molecule has 1 aromatic carbocycles. The number of nitrogen functional groups attached to an aromatic ring is 1. The minimum atomic E-state index is -3.70. The second kappa shape index (κ2) is 5.83. The van der Waals surface area contributed by atoms with Crippen LogP contribution in [0, 0.1) is 0 Å². The number of aryl methyl sites for hydroxylation is 1. The summed E-state index contributed by atoms with van der Waals surface area (Å²) in [5.74, 6) is -0.406. The fourth-order valence-electron chi connectivity index (χ4n) is 1.39. The highest BCUT2D eigenvalue weighted by Crippen LogP contribution is 2.18. The number of amides is 1. The second-order valence-electron chi connectivity index (χ2n) is 3.71. The minimum absolute atomic E-state index is 0.0566. The molecule has 0 spiro atoms. The fraction of sp³-hybridized carbons (Fsp3) is 0.364. The van der Waals surface area contributed by atoms with Crippen molar-refractivity contribution in [3.8, 4) is 0 Å². The highest BCUT2D eigenvalue weighted by Gasteiger charge is 2.16. The van der Waals surface area contributed by atoms with Gasteiger partial charge in [0.05, 0.1) is 11.4 Å². The van der Waals surface area contributed by atoms with Gasteiger partial charge in [-0.05, 0) is 24.1 Å². The third-order valence-corrected chi connectivity index (χ3v) is 3.91. The summed E-state index contributed by atoms with van der Waals surface area (Å²) in [6.45, 7) is 1.64. The van der Waals surface area contributed by atoms with Crippen LogP contribution in [0.3, 0.4) is 0 Å². The number of benzene rings is 1. The Morgan fingerprint density at radius 1 is 1.39 bits per heavy atom. The Bertz CT molecular complexity index is 540. The Labute approximate surface area is 107 Å². The molecule has 0 aromatic heterocycles. The zero-order valence-electron chi connectivity index (χ0n) is 10.4. The lowest BCUT2D eigenvalue weighted by Gasteiger charge is -2.08. The van der Waals surface area contributed by atoms with E-state index >= 15 is 0 Å². The summed E-state index contributed by atoms with van der Waals surface area (Å²) in [6.07, 6.45) is 0.734. The summed E-state index contributed by atoms with van der Waals surface area (Å²) >= 11 is 0. The molecule has 7 heteroatoms. The molecule has 0 atom stereocenters. The molecule has 1 rings (SSSR count). The number of nitrogens with one attached hydrogen (secondary N) is 2. The average Bonchev–Trinajstić information content (AvgIpc) is 2.35. The number of nitrogens with two attached hydrogens (primary N) is 1. The SMILES string of the molecule is CCc1ccc(S(=O)(=O)NCC(=O)NC)cc1N. The van der Waals surface area contributed by atoms with Crippen molar-refractivity contribution < 1.29 is 13.2 Å². The van der Waals surface area contributed by atoms with Crippen LogP contribution >= 0.6 is 0 Å². The van der Waals surface area contributed by atoms with E-state index in [1.807, 2.05) is 6.92 Å². The molecule has 1 aromatic rings. The van der Waals surface area contributed by atoms with Gasteiger partial charge in [0.25, 0.3) is 0 Å². The lowest BCUT2D eigenvalue weighted by Crippen LogP contribution is -2.35. The number of rotatable bonds is 5. The summed E-state index contributed by atoms with van der Waals surface area (Å²) in [4.78, 5) is 11.1. The molecular formula is C11H17N3O3S. The molecule has 0 aliphatic carbocycles. The van der Waals surface area contributed by atoms with E-state index in [0.29, 0.717) is 5.69 Å². The van der Waals surface area contributed by atoms with Crippen LogP contribution in [0.1, 0.15) is 12.5 Å². The van der Waals surface area contributed by atoms with Gasteiger partial charge < -0.3 is 11.1 Å². The normalized spacial score (nSPS) is 11.2. The van der Waals surface area contributed by atoms with Crippen LogP contribution in [0.15, 0.2) is 23.1 Å². The van der Waals surface area contributed by atoms with E-state index in [4.69, 9.17) is 5.73 Å². The predicted molar refractivity (Wildman–Crippen MR) is 69.5 cm³/mol. The molecule has 0 saturated carbocycles. The van der Waals surface area contributed by atoms with Crippen molar-refractivity contribution in [3.05, 3.63) is 23.8 Å². The standard InChI is InChI=1S/C11H17N3O3S/c1-3-8-4-5-9(6-10(8)12)18(16,17)14-7-11(15)13-2/h4-6,14H,3,7,12H2,1-2H3,(H,13,15).